The van der Waals surface area contributed by atoms with Crippen LogP contribution in [0.25, 0.3) is 0 Å². The molecule has 14 heteroatoms. The minimum Gasteiger partial charge on any atom is -0.456 e. The summed E-state index contributed by atoms with van der Waals surface area (Å²) >= 11 is 0. The molecule has 1 aliphatic rings. The van der Waals surface area contributed by atoms with Crippen LogP contribution in [0.1, 0.15) is 23.0 Å². The molecule has 4 atom stereocenters. The molecule has 0 amide bonds. The Morgan fingerprint density at radius 2 is 1.80 bits per heavy atom. The van der Waals surface area contributed by atoms with Gasteiger partial charge in [0, 0.05) is 17.8 Å². The van der Waals surface area contributed by atoms with Crippen molar-refractivity contribution in [2.45, 2.75) is 37.1 Å². The number of ether oxygens (including phenoxy) is 3. The van der Waals surface area contributed by atoms with Gasteiger partial charge in [-0.3, -0.25) is 19.0 Å². The molecule has 3 rings (SSSR count). The number of carbonyl (C=O) groups excluding carboxylic acids is 2. The summed E-state index contributed by atoms with van der Waals surface area (Å²) in [6, 6.07) is 8.40. The quantitative estimate of drug-likeness (QED) is 0.470. The van der Waals surface area contributed by atoms with Gasteiger partial charge in [0.15, 0.2) is 12.8 Å². The van der Waals surface area contributed by atoms with Crippen molar-refractivity contribution in [1.82, 2.24) is 9.13 Å². The van der Waals surface area contributed by atoms with Gasteiger partial charge in [0.1, 0.15) is 18.3 Å². The Kier molecular flexibility index (Phi) is 8.22. The average Bonchev–Trinajstić information content (AvgIpc) is 3.13. The smallest absolute Gasteiger partial charge is 0.422 e. The highest BCUT2D eigenvalue weighted by Gasteiger charge is 2.46. The first kappa shape index (κ1) is 26.3. The van der Waals surface area contributed by atoms with Crippen LogP contribution in [-0.4, -0.2) is 75.5 Å². The Morgan fingerprint density at radius 1 is 1.11 bits per heavy atom. The number of aliphatic hydroxyl groups excluding tert-OH is 2. The molecular weight excluding hydrogens is 481 g/mol. The molecule has 1 aromatic heterocycles. The first-order chi connectivity index (χ1) is 16.5. The first-order valence-corrected chi connectivity index (χ1v) is 10.3. The fourth-order valence-electron chi connectivity index (χ4n) is 3.37. The summed E-state index contributed by atoms with van der Waals surface area (Å²) in [4.78, 5) is 49.6. The number of hydrogen-bond acceptors (Lipinski definition) is 9. The van der Waals surface area contributed by atoms with Crippen LogP contribution in [0.4, 0.5) is 13.2 Å². The molecule has 1 aromatic carbocycles. The van der Waals surface area contributed by atoms with Crippen LogP contribution >= 0.6 is 0 Å². The number of benzene rings is 1. The van der Waals surface area contributed by atoms with E-state index in [-0.39, 0.29) is 5.56 Å². The zero-order chi connectivity index (χ0) is 25.8. The molecule has 0 aliphatic carbocycles. The summed E-state index contributed by atoms with van der Waals surface area (Å²) in [6.45, 7) is -2.99. The summed E-state index contributed by atoms with van der Waals surface area (Å²) in [5.41, 5.74) is -2.00. The van der Waals surface area contributed by atoms with Crippen LogP contribution in [0, 0.1) is 0 Å². The van der Waals surface area contributed by atoms with E-state index in [0.717, 1.165) is 16.8 Å². The highest BCUT2D eigenvalue weighted by Crippen LogP contribution is 2.30. The molecule has 35 heavy (non-hydrogen) atoms. The predicted octanol–water partition coefficient (Wildman–Crippen LogP) is -0.170. The summed E-state index contributed by atoms with van der Waals surface area (Å²) in [5.74, 6) is -2.14. The van der Waals surface area contributed by atoms with Gasteiger partial charge < -0.3 is 24.4 Å². The highest BCUT2D eigenvalue weighted by atomic mass is 19.4. The molecular formula is C21H21F3N2O9. The van der Waals surface area contributed by atoms with Gasteiger partial charge in [0.2, 0.25) is 0 Å². The van der Waals surface area contributed by atoms with E-state index in [4.69, 9.17) is 9.47 Å². The van der Waals surface area contributed by atoms with Crippen molar-refractivity contribution in [1.29, 1.82) is 0 Å². The van der Waals surface area contributed by atoms with E-state index < -0.39 is 80.1 Å². The van der Waals surface area contributed by atoms with E-state index in [1.807, 2.05) is 0 Å². The molecule has 1 fully saturated rings. The van der Waals surface area contributed by atoms with Crippen LogP contribution in [0.3, 0.4) is 0 Å². The summed E-state index contributed by atoms with van der Waals surface area (Å²) in [6.07, 6.45) is -9.91. The van der Waals surface area contributed by atoms with Crippen LogP contribution in [-0.2, 0) is 19.0 Å². The third kappa shape index (κ3) is 6.22. The van der Waals surface area contributed by atoms with Crippen LogP contribution < -0.4 is 11.2 Å². The lowest BCUT2D eigenvalue weighted by atomic mass is 10.1. The van der Waals surface area contributed by atoms with Crippen LogP contribution in [0.2, 0.25) is 0 Å². The third-order valence-corrected chi connectivity index (χ3v) is 5.01. The topological polar surface area (TPSA) is 146 Å². The molecule has 1 aliphatic heterocycles. The summed E-state index contributed by atoms with van der Waals surface area (Å²) in [7, 11) is 0. The van der Waals surface area contributed by atoms with Gasteiger partial charge in [0.25, 0.3) is 11.5 Å². The maximum Gasteiger partial charge on any atom is 0.422 e. The molecule has 2 aromatic rings. The van der Waals surface area contributed by atoms with Crippen molar-refractivity contribution in [3.8, 4) is 0 Å². The average molecular weight is 502 g/mol. The van der Waals surface area contributed by atoms with E-state index in [9.17, 15) is 42.6 Å². The minimum atomic E-state index is -4.70. The first-order valence-electron chi connectivity index (χ1n) is 10.3. The Morgan fingerprint density at radius 3 is 2.43 bits per heavy atom. The summed E-state index contributed by atoms with van der Waals surface area (Å²) < 4.78 is 52.5. The molecule has 11 nitrogen and oxygen atoms in total. The zero-order valence-corrected chi connectivity index (χ0v) is 18.0. The predicted molar refractivity (Wildman–Crippen MR) is 110 cm³/mol. The monoisotopic (exact) mass is 502 g/mol. The maximum atomic E-state index is 13.0. The van der Waals surface area contributed by atoms with E-state index in [1.165, 1.54) is 24.3 Å². The van der Waals surface area contributed by atoms with E-state index >= 15 is 0 Å². The third-order valence-electron chi connectivity index (χ3n) is 5.01. The van der Waals surface area contributed by atoms with Crippen LogP contribution in [0.15, 0.2) is 52.2 Å². The molecule has 0 radical (unpaired) electrons. The zero-order valence-electron chi connectivity index (χ0n) is 18.0. The van der Waals surface area contributed by atoms with Crippen molar-refractivity contribution in [2.75, 3.05) is 19.8 Å². The fraction of sp³-hybridized carbons (Fsp3) is 0.429. The second-order valence-electron chi connectivity index (χ2n) is 7.45. The molecule has 0 spiro atoms. The number of carbonyl (C=O) groups is 2. The second kappa shape index (κ2) is 10.9. The van der Waals surface area contributed by atoms with Crippen LogP contribution in [0.5, 0.6) is 0 Å². The summed E-state index contributed by atoms with van der Waals surface area (Å²) in [5, 5.41) is 19.9. The fourth-order valence-corrected chi connectivity index (χ4v) is 3.37. The number of rotatable bonds is 8. The number of hydrogen-bond donors (Lipinski definition) is 2. The van der Waals surface area contributed by atoms with Crippen molar-refractivity contribution in [3.05, 3.63) is 69.0 Å². The molecule has 2 heterocycles. The number of aliphatic hydroxyl groups is 2. The number of halogens is 3. The number of aromatic nitrogens is 2. The van der Waals surface area contributed by atoms with Gasteiger partial charge >= 0.3 is 17.8 Å². The number of esters is 1. The van der Waals surface area contributed by atoms with Crippen molar-refractivity contribution in [3.63, 3.8) is 0 Å². The Bertz CT molecular complexity index is 1160. The maximum absolute atomic E-state index is 13.0. The van der Waals surface area contributed by atoms with Gasteiger partial charge in [-0.1, -0.05) is 18.2 Å². The minimum absolute atomic E-state index is 0.0511. The molecule has 1 saturated heterocycles. The Labute approximate surface area is 194 Å². The molecule has 0 bridgehead atoms. The largest absolute Gasteiger partial charge is 0.456 e. The van der Waals surface area contributed by atoms with Gasteiger partial charge in [-0.05, 0) is 12.1 Å². The normalized spacial score (nSPS) is 22.2. The number of nitrogens with zero attached hydrogens (tertiary/aromatic N) is 2. The molecule has 190 valence electrons. The van der Waals surface area contributed by atoms with Crippen molar-refractivity contribution in [2.24, 2.45) is 0 Å². The lowest BCUT2D eigenvalue weighted by Gasteiger charge is -2.22. The Balaban J connectivity index is 1.82. The number of alkyl halides is 3. The second-order valence-corrected chi connectivity index (χ2v) is 7.45. The molecule has 1 unspecified atom stereocenters. The van der Waals surface area contributed by atoms with Crippen molar-refractivity contribution >= 4 is 11.9 Å². The van der Waals surface area contributed by atoms with E-state index in [1.54, 1.807) is 6.07 Å². The van der Waals surface area contributed by atoms with Gasteiger partial charge in [0.05, 0.1) is 19.6 Å². The lowest BCUT2D eigenvalue weighted by molar-refractivity contribution is -0.187. The van der Waals surface area contributed by atoms with E-state index in [2.05, 4.69) is 4.74 Å². The van der Waals surface area contributed by atoms with Gasteiger partial charge in [-0.2, -0.15) is 17.7 Å². The highest BCUT2D eigenvalue weighted by molar-refractivity contribution is 5.95. The van der Waals surface area contributed by atoms with Gasteiger partial charge in [-0.25, -0.2) is 4.79 Å². The molecule has 2 N–H and O–H groups in total. The van der Waals surface area contributed by atoms with Gasteiger partial charge in [-0.15, -0.1) is 0 Å². The van der Waals surface area contributed by atoms with E-state index in [0.29, 0.717) is 4.57 Å². The standard InChI is InChI=1S/C21H21F3N2O9/c22-21(23,24)11-34-15(29)7-9-33-17-16(30)13(10-27)35-19(17)25-8-6-14(28)26(20(25)32)18(31)12-4-2-1-3-5-12/h1-6,8,13,16-17,19,27,30H,7,9-11H2/t13-,16+,17?,19-/m1/s1. The Hall–Kier alpha value is -3.33. The van der Waals surface area contributed by atoms with Crippen molar-refractivity contribution < 1.29 is 47.2 Å². The lowest BCUT2D eigenvalue weighted by Crippen LogP contribution is -2.46. The SMILES string of the molecule is O=C(CCOC1[C@@H](O)[C@@H](CO)O[C@H]1n1ccc(=O)n(C(=O)c2ccccc2)c1=O)OCC(F)(F)F. The molecule has 0 saturated carbocycles.